The van der Waals surface area contributed by atoms with Crippen molar-refractivity contribution in [3.05, 3.63) is 80.7 Å². The van der Waals surface area contributed by atoms with Gasteiger partial charge in [0.15, 0.2) is 0 Å². The van der Waals surface area contributed by atoms with Gasteiger partial charge in [-0.2, -0.15) is 0 Å². The molecule has 0 atom stereocenters. The number of fused-ring (bicyclic) bond motifs is 1. The van der Waals surface area contributed by atoms with Gasteiger partial charge in [-0.3, -0.25) is 14.3 Å². The van der Waals surface area contributed by atoms with Gasteiger partial charge in [0.25, 0.3) is 5.56 Å². The van der Waals surface area contributed by atoms with Crippen LogP contribution in [0.3, 0.4) is 0 Å². The van der Waals surface area contributed by atoms with Crippen LogP contribution in [0, 0.1) is 0 Å². The van der Waals surface area contributed by atoms with Crippen molar-refractivity contribution in [1.29, 1.82) is 0 Å². The molecule has 3 heterocycles. The van der Waals surface area contributed by atoms with Gasteiger partial charge < -0.3 is 5.11 Å². The molecule has 1 aromatic carbocycles. The number of aromatic nitrogens is 3. The third-order valence-corrected chi connectivity index (χ3v) is 5.39. The van der Waals surface area contributed by atoms with Crippen molar-refractivity contribution in [3.8, 4) is 11.4 Å². The Hall–Kier alpha value is -3.03. The molecule has 6 nitrogen and oxygen atoms in total. The van der Waals surface area contributed by atoms with Crippen LogP contribution < -0.4 is 5.56 Å². The lowest BCUT2D eigenvalue weighted by Crippen LogP contribution is -2.25. The number of nitrogens with zero attached hydrogens (tertiary/aromatic N) is 3. The second kappa shape index (κ2) is 6.94. The highest BCUT2D eigenvalue weighted by Gasteiger charge is 2.20. The third-order valence-electron chi connectivity index (χ3n) is 4.15. The molecule has 1 N–H and O–H groups in total. The van der Waals surface area contributed by atoms with E-state index in [2.05, 4.69) is 9.97 Å². The predicted octanol–water partition coefficient (Wildman–Crippen LogP) is 3.92. The maximum atomic E-state index is 13.2. The largest absolute Gasteiger partial charge is 0.478 e. The van der Waals surface area contributed by atoms with E-state index in [0.29, 0.717) is 21.2 Å². The SMILES string of the molecule is O=C(O)c1csc2nc(-c3ccncc3)n(Cc3ccccc3Cl)c(=O)c12. The van der Waals surface area contributed by atoms with Crippen LogP contribution in [0.25, 0.3) is 21.6 Å². The molecular weight excluding hydrogens is 386 g/mol. The first kappa shape index (κ1) is 17.4. The summed E-state index contributed by atoms with van der Waals surface area (Å²) in [5, 5.41) is 11.5. The first-order valence-electron chi connectivity index (χ1n) is 7.95. The molecule has 0 aliphatic rings. The molecule has 4 aromatic rings. The minimum Gasteiger partial charge on any atom is -0.478 e. The van der Waals surface area contributed by atoms with Crippen molar-refractivity contribution in [2.24, 2.45) is 0 Å². The first-order chi connectivity index (χ1) is 13.1. The van der Waals surface area contributed by atoms with Crippen molar-refractivity contribution < 1.29 is 9.90 Å². The fourth-order valence-electron chi connectivity index (χ4n) is 2.85. The molecule has 3 aromatic heterocycles. The van der Waals surface area contributed by atoms with Gasteiger partial charge in [0, 0.05) is 28.4 Å². The van der Waals surface area contributed by atoms with Crippen LogP contribution in [0.5, 0.6) is 0 Å². The number of carbonyl (C=O) groups is 1. The highest BCUT2D eigenvalue weighted by molar-refractivity contribution is 7.17. The Bertz CT molecular complexity index is 1220. The number of aromatic carboxylic acids is 1. The van der Waals surface area contributed by atoms with Crippen molar-refractivity contribution in [3.63, 3.8) is 0 Å². The lowest BCUT2D eigenvalue weighted by Gasteiger charge is -2.13. The van der Waals surface area contributed by atoms with E-state index in [0.717, 1.165) is 16.9 Å². The van der Waals surface area contributed by atoms with Crippen molar-refractivity contribution in [2.75, 3.05) is 0 Å². The topological polar surface area (TPSA) is 85.1 Å². The summed E-state index contributed by atoms with van der Waals surface area (Å²) in [5.74, 6) is -0.713. The molecule has 0 spiro atoms. The van der Waals surface area contributed by atoms with Gasteiger partial charge in [0.05, 0.1) is 17.5 Å². The quantitative estimate of drug-likeness (QED) is 0.564. The zero-order valence-corrected chi connectivity index (χ0v) is 15.4. The van der Waals surface area contributed by atoms with E-state index in [4.69, 9.17) is 11.6 Å². The van der Waals surface area contributed by atoms with E-state index in [9.17, 15) is 14.7 Å². The first-order valence-corrected chi connectivity index (χ1v) is 9.21. The van der Waals surface area contributed by atoms with Gasteiger partial charge in [-0.25, -0.2) is 9.78 Å². The van der Waals surface area contributed by atoms with E-state index in [-0.39, 0.29) is 17.5 Å². The maximum Gasteiger partial charge on any atom is 0.337 e. The van der Waals surface area contributed by atoms with Crippen LogP contribution >= 0.6 is 22.9 Å². The van der Waals surface area contributed by atoms with Gasteiger partial charge in [-0.05, 0) is 23.8 Å². The standard InChI is InChI=1S/C19H12ClN3O3S/c20-14-4-2-1-3-12(14)9-23-16(11-5-7-21-8-6-11)22-17-15(18(23)24)13(10-27-17)19(25)26/h1-8,10H,9H2,(H,25,26). The van der Waals surface area contributed by atoms with Crippen LogP contribution in [0.4, 0.5) is 0 Å². The van der Waals surface area contributed by atoms with Gasteiger partial charge in [-0.15, -0.1) is 11.3 Å². The number of rotatable bonds is 4. The summed E-state index contributed by atoms with van der Waals surface area (Å²) in [5.41, 5.74) is 0.998. The van der Waals surface area contributed by atoms with E-state index < -0.39 is 11.5 Å². The number of carboxylic acids is 1. The summed E-state index contributed by atoms with van der Waals surface area (Å²) in [4.78, 5) is 33.7. The Kier molecular flexibility index (Phi) is 4.47. The predicted molar refractivity (Wildman–Crippen MR) is 105 cm³/mol. The lowest BCUT2D eigenvalue weighted by atomic mass is 10.1. The molecule has 0 saturated heterocycles. The van der Waals surface area contributed by atoms with E-state index in [1.807, 2.05) is 12.1 Å². The number of hydrogen-bond donors (Lipinski definition) is 1. The summed E-state index contributed by atoms with van der Waals surface area (Å²) >= 11 is 7.40. The minimum absolute atomic E-state index is 0.0401. The van der Waals surface area contributed by atoms with Crippen LogP contribution in [0.1, 0.15) is 15.9 Å². The Labute approximate surface area is 162 Å². The highest BCUT2D eigenvalue weighted by Crippen LogP contribution is 2.26. The summed E-state index contributed by atoms with van der Waals surface area (Å²) in [7, 11) is 0. The fourth-order valence-corrected chi connectivity index (χ4v) is 3.94. The summed E-state index contributed by atoms with van der Waals surface area (Å²) in [6.07, 6.45) is 3.23. The average Bonchev–Trinajstić information content (AvgIpc) is 3.11. The second-order valence-corrected chi connectivity index (χ2v) is 7.05. The zero-order valence-electron chi connectivity index (χ0n) is 13.8. The Morgan fingerprint density at radius 1 is 1.19 bits per heavy atom. The Morgan fingerprint density at radius 3 is 2.63 bits per heavy atom. The molecule has 4 rings (SSSR count). The highest BCUT2D eigenvalue weighted by atomic mass is 35.5. The number of hydrogen-bond acceptors (Lipinski definition) is 5. The van der Waals surface area contributed by atoms with Gasteiger partial charge in [0.1, 0.15) is 10.7 Å². The van der Waals surface area contributed by atoms with Crippen molar-refractivity contribution in [2.45, 2.75) is 6.54 Å². The number of thiophene rings is 1. The normalized spacial score (nSPS) is 11.0. The summed E-state index contributed by atoms with van der Waals surface area (Å²) in [6, 6.07) is 10.7. The molecule has 27 heavy (non-hydrogen) atoms. The van der Waals surface area contributed by atoms with Crippen molar-refractivity contribution >= 4 is 39.1 Å². The van der Waals surface area contributed by atoms with Gasteiger partial charge >= 0.3 is 5.97 Å². The molecule has 0 saturated carbocycles. The lowest BCUT2D eigenvalue weighted by molar-refractivity contribution is 0.0699. The Balaban J connectivity index is 2.02. The minimum atomic E-state index is -1.15. The van der Waals surface area contributed by atoms with Crippen LogP contribution in [0.2, 0.25) is 5.02 Å². The fraction of sp³-hybridized carbons (Fsp3) is 0.0526. The second-order valence-electron chi connectivity index (χ2n) is 5.79. The molecule has 8 heteroatoms. The molecule has 0 fully saturated rings. The van der Waals surface area contributed by atoms with Crippen LogP contribution in [-0.4, -0.2) is 25.6 Å². The molecule has 0 bridgehead atoms. The van der Waals surface area contributed by atoms with Crippen molar-refractivity contribution in [1.82, 2.24) is 14.5 Å². The zero-order chi connectivity index (χ0) is 19.0. The number of halogens is 1. The number of pyridine rings is 1. The molecule has 0 amide bonds. The summed E-state index contributed by atoms with van der Waals surface area (Å²) in [6.45, 7) is 0.175. The molecule has 0 radical (unpaired) electrons. The van der Waals surface area contributed by atoms with Crippen LogP contribution in [0.15, 0.2) is 59.0 Å². The smallest absolute Gasteiger partial charge is 0.337 e. The number of benzene rings is 1. The number of carboxylic acid groups (broad SMARTS) is 1. The van der Waals surface area contributed by atoms with Gasteiger partial charge in [0.2, 0.25) is 0 Å². The molecule has 0 unspecified atom stereocenters. The van der Waals surface area contributed by atoms with Crippen LogP contribution in [-0.2, 0) is 6.54 Å². The van der Waals surface area contributed by atoms with Gasteiger partial charge in [-0.1, -0.05) is 29.8 Å². The monoisotopic (exact) mass is 397 g/mol. The molecule has 0 aliphatic heterocycles. The molecular formula is C19H12ClN3O3S. The average molecular weight is 398 g/mol. The molecule has 134 valence electrons. The van der Waals surface area contributed by atoms with E-state index >= 15 is 0 Å². The third kappa shape index (κ3) is 3.11. The van der Waals surface area contributed by atoms with E-state index in [1.54, 1.807) is 36.7 Å². The maximum absolute atomic E-state index is 13.2. The summed E-state index contributed by atoms with van der Waals surface area (Å²) < 4.78 is 1.46. The molecule has 0 aliphatic carbocycles. The van der Waals surface area contributed by atoms with E-state index in [1.165, 1.54) is 9.95 Å². The Morgan fingerprint density at radius 2 is 1.93 bits per heavy atom.